The number of aromatic nitrogens is 2. The van der Waals surface area contributed by atoms with Gasteiger partial charge in [0.15, 0.2) is 5.79 Å². The minimum absolute atomic E-state index is 0.0157. The molecule has 1 amide bonds. The molecule has 0 aliphatic carbocycles. The molecule has 3 heterocycles. The third-order valence-corrected chi connectivity index (χ3v) is 6.43. The number of nitrogens with zero attached hydrogens (tertiary/aromatic N) is 3. The standard InChI is InChI=1S/C26H29N3O4/c1-18(2)17-29-22-6-4-3-5-21(22)27-23(25(29)31)19-7-9-20(10-8-19)24(30)28-13-11-26(12-14-28)32-15-16-33-26/h3-10,18H,11-17H2,1-2H3. The Hall–Kier alpha value is -3.03. The van der Waals surface area contributed by atoms with Crippen LogP contribution in [0, 0.1) is 5.92 Å². The number of carbonyl (C=O) groups is 1. The van der Waals surface area contributed by atoms with E-state index in [0.29, 0.717) is 68.4 Å². The second-order valence-corrected chi connectivity index (χ2v) is 9.24. The van der Waals surface area contributed by atoms with Crippen LogP contribution in [0.25, 0.3) is 22.3 Å². The maximum atomic E-state index is 13.3. The van der Waals surface area contributed by atoms with Crippen molar-refractivity contribution in [3.8, 4) is 11.3 Å². The van der Waals surface area contributed by atoms with Crippen LogP contribution in [-0.4, -0.2) is 52.4 Å². The van der Waals surface area contributed by atoms with Crippen LogP contribution in [0.15, 0.2) is 53.3 Å². The molecule has 0 saturated carbocycles. The summed E-state index contributed by atoms with van der Waals surface area (Å²) in [4.78, 5) is 32.8. The first kappa shape index (κ1) is 21.8. The molecule has 7 nitrogen and oxygen atoms in total. The molecule has 2 saturated heterocycles. The summed E-state index contributed by atoms with van der Waals surface area (Å²) >= 11 is 0. The summed E-state index contributed by atoms with van der Waals surface area (Å²) in [5.74, 6) is -0.193. The lowest BCUT2D eigenvalue weighted by molar-refractivity contribution is -0.181. The van der Waals surface area contributed by atoms with Crippen LogP contribution in [0.4, 0.5) is 0 Å². The monoisotopic (exact) mass is 447 g/mol. The van der Waals surface area contributed by atoms with E-state index < -0.39 is 5.79 Å². The molecule has 172 valence electrons. The van der Waals surface area contributed by atoms with Gasteiger partial charge >= 0.3 is 0 Å². The average Bonchev–Trinajstić information content (AvgIpc) is 3.28. The van der Waals surface area contributed by atoms with Gasteiger partial charge in [0.25, 0.3) is 11.5 Å². The average molecular weight is 448 g/mol. The molecule has 0 unspecified atom stereocenters. The van der Waals surface area contributed by atoms with Gasteiger partial charge in [0.05, 0.1) is 24.2 Å². The summed E-state index contributed by atoms with van der Waals surface area (Å²) < 4.78 is 13.3. The van der Waals surface area contributed by atoms with Crippen molar-refractivity contribution in [3.63, 3.8) is 0 Å². The summed E-state index contributed by atoms with van der Waals surface area (Å²) in [6, 6.07) is 14.9. The molecule has 2 aliphatic rings. The van der Waals surface area contributed by atoms with Crippen molar-refractivity contribution in [3.05, 3.63) is 64.4 Å². The molecule has 2 aromatic carbocycles. The lowest BCUT2D eigenvalue weighted by Gasteiger charge is -2.37. The Morgan fingerprint density at radius 3 is 2.36 bits per heavy atom. The number of fused-ring (bicyclic) bond motifs is 1. The van der Waals surface area contributed by atoms with Gasteiger partial charge in [0.1, 0.15) is 5.69 Å². The Balaban J connectivity index is 1.40. The molecule has 7 heteroatoms. The number of hydrogen-bond acceptors (Lipinski definition) is 5. The number of hydrogen-bond donors (Lipinski definition) is 0. The molecule has 1 aromatic heterocycles. The van der Waals surface area contributed by atoms with Crippen LogP contribution in [0.5, 0.6) is 0 Å². The van der Waals surface area contributed by atoms with Gasteiger partial charge in [-0.2, -0.15) is 0 Å². The van der Waals surface area contributed by atoms with E-state index in [9.17, 15) is 9.59 Å². The maximum Gasteiger partial charge on any atom is 0.277 e. The first-order chi connectivity index (χ1) is 16.0. The number of piperidine rings is 1. The van der Waals surface area contributed by atoms with Gasteiger partial charge < -0.3 is 18.9 Å². The Labute approximate surface area is 192 Å². The lowest BCUT2D eigenvalue weighted by Crippen LogP contribution is -2.47. The molecule has 5 rings (SSSR count). The smallest absolute Gasteiger partial charge is 0.277 e. The summed E-state index contributed by atoms with van der Waals surface area (Å²) in [5.41, 5.74) is 3.23. The van der Waals surface area contributed by atoms with Gasteiger partial charge in [-0.1, -0.05) is 38.1 Å². The fourth-order valence-electron chi connectivity index (χ4n) is 4.72. The topological polar surface area (TPSA) is 73.7 Å². The maximum absolute atomic E-state index is 13.3. The van der Waals surface area contributed by atoms with Crippen LogP contribution in [-0.2, 0) is 16.0 Å². The van der Waals surface area contributed by atoms with Gasteiger partial charge in [-0.15, -0.1) is 0 Å². The molecule has 0 atom stereocenters. The molecular weight excluding hydrogens is 418 g/mol. The van der Waals surface area contributed by atoms with E-state index in [1.165, 1.54) is 0 Å². The van der Waals surface area contributed by atoms with E-state index in [0.717, 1.165) is 11.0 Å². The molecular formula is C26H29N3O4. The molecule has 1 spiro atoms. The zero-order valence-corrected chi connectivity index (χ0v) is 19.1. The molecule has 0 radical (unpaired) electrons. The number of carbonyl (C=O) groups excluding carboxylic acids is 1. The number of amides is 1. The van der Waals surface area contributed by atoms with Crippen molar-refractivity contribution in [2.24, 2.45) is 5.92 Å². The van der Waals surface area contributed by atoms with E-state index in [4.69, 9.17) is 9.47 Å². The highest BCUT2D eigenvalue weighted by molar-refractivity contribution is 5.94. The van der Waals surface area contributed by atoms with Crippen LogP contribution < -0.4 is 5.56 Å². The van der Waals surface area contributed by atoms with Crippen molar-refractivity contribution in [1.82, 2.24) is 14.5 Å². The zero-order valence-electron chi connectivity index (χ0n) is 19.1. The van der Waals surface area contributed by atoms with Gasteiger partial charge in [-0.3, -0.25) is 9.59 Å². The van der Waals surface area contributed by atoms with Crippen molar-refractivity contribution >= 4 is 16.9 Å². The lowest BCUT2D eigenvalue weighted by atomic mass is 10.0. The number of para-hydroxylation sites is 2. The highest BCUT2D eigenvalue weighted by atomic mass is 16.7. The second-order valence-electron chi connectivity index (χ2n) is 9.24. The normalized spacial score (nSPS) is 17.8. The van der Waals surface area contributed by atoms with E-state index >= 15 is 0 Å². The van der Waals surface area contributed by atoms with Crippen LogP contribution in [0.1, 0.15) is 37.0 Å². The Bertz CT molecular complexity index is 1220. The van der Waals surface area contributed by atoms with E-state index in [1.807, 2.05) is 41.3 Å². The number of rotatable bonds is 4. The van der Waals surface area contributed by atoms with Crippen molar-refractivity contribution < 1.29 is 14.3 Å². The third-order valence-electron chi connectivity index (χ3n) is 6.43. The van der Waals surface area contributed by atoms with E-state index in [2.05, 4.69) is 18.8 Å². The highest BCUT2D eigenvalue weighted by Crippen LogP contribution is 2.32. The number of likely N-dealkylation sites (tertiary alicyclic amines) is 1. The summed E-state index contributed by atoms with van der Waals surface area (Å²) in [6.45, 7) is 7.26. The van der Waals surface area contributed by atoms with Crippen molar-refractivity contribution in [2.75, 3.05) is 26.3 Å². The molecule has 0 N–H and O–H groups in total. The minimum Gasteiger partial charge on any atom is -0.347 e. The molecule has 0 bridgehead atoms. The largest absolute Gasteiger partial charge is 0.347 e. The van der Waals surface area contributed by atoms with Gasteiger partial charge in [0.2, 0.25) is 0 Å². The van der Waals surface area contributed by atoms with Crippen LogP contribution in [0.2, 0.25) is 0 Å². The number of benzene rings is 2. The Morgan fingerprint density at radius 2 is 1.70 bits per heavy atom. The van der Waals surface area contributed by atoms with Crippen LogP contribution >= 0.6 is 0 Å². The molecule has 33 heavy (non-hydrogen) atoms. The Kier molecular flexibility index (Phi) is 5.76. The first-order valence-corrected chi connectivity index (χ1v) is 11.6. The van der Waals surface area contributed by atoms with E-state index in [-0.39, 0.29) is 11.5 Å². The predicted octanol–water partition coefficient (Wildman–Crippen LogP) is 3.70. The van der Waals surface area contributed by atoms with Gasteiger partial charge in [-0.05, 0) is 30.2 Å². The van der Waals surface area contributed by atoms with Crippen molar-refractivity contribution in [2.45, 2.75) is 39.0 Å². The SMILES string of the molecule is CC(C)Cn1c(=O)c(-c2ccc(C(=O)N3CCC4(CC3)OCCO4)cc2)nc2ccccc21. The van der Waals surface area contributed by atoms with Gasteiger partial charge in [0, 0.05) is 43.6 Å². The van der Waals surface area contributed by atoms with Crippen LogP contribution in [0.3, 0.4) is 0 Å². The first-order valence-electron chi connectivity index (χ1n) is 11.6. The highest BCUT2D eigenvalue weighted by Gasteiger charge is 2.40. The number of ether oxygens (including phenoxy) is 2. The molecule has 2 aliphatic heterocycles. The molecule has 2 fully saturated rings. The third kappa shape index (κ3) is 4.18. The zero-order chi connectivity index (χ0) is 23.0. The summed E-state index contributed by atoms with van der Waals surface area (Å²) in [6.07, 6.45) is 1.38. The second kappa shape index (κ2) is 8.72. The minimum atomic E-state index is -0.502. The fourth-order valence-corrected chi connectivity index (χ4v) is 4.72. The quantitative estimate of drug-likeness (QED) is 0.610. The van der Waals surface area contributed by atoms with Gasteiger partial charge in [-0.25, -0.2) is 4.98 Å². The Morgan fingerprint density at radius 1 is 1.03 bits per heavy atom. The fraction of sp³-hybridized carbons (Fsp3) is 0.423. The molecule has 3 aromatic rings. The van der Waals surface area contributed by atoms with E-state index in [1.54, 1.807) is 16.7 Å². The van der Waals surface area contributed by atoms with Crippen molar-refractivity contribution in [1.29, 1.82) is 0 Å². The predicted molar refractivity (Wildman–Crippen MR) is 126 cm³/mol. The summed E-state index contributed by atoms with van der Waals surface area (Å²) in [7, 11) is 0. The summed E-state index contributed by atoms with van der Waals surface area (Å²) in [5, 5.41) is 0.